The average Bonchev–Trinajstić information content (AvgIpc) is 3.16. The largest absolute Gasteiger partial charge is 0.497 e. The van der Waals surface area contributed by atoms with Gasteiger partial charge >= 0.3 is 0 Å². The number of aromatic nitrogens is 3. The molecular formula is C19H28N6O3S. The lowest BCUT2D eigenvalue weighted by Crippen LogP contribution is -2.57. The molecule has 9 nitrogen and oxygen atoms in total. The molecule has 1 aliphatic rings. The molecular weight excluding hydrogens is 392 g/mol. The predicted molar refractivity (Wildman–Crippen MR) is 113 cm³/mol. The van der Waals surface area contributed by atoms with Crippen molar-refractivity contribution in [2.45, 2.75) is 32.1 Å². The fourth-order valence-electron chi connectivity index (χ4n) is 3.14. The van der Waals surface area contributed by atoms with Gasteiger partial charge in [-0.15, -0.1) is 0 Å². The Balaban J connectivity index is 1.73. The van der Waals surface area contributed by atoms with Crippen LogP contribution >= 0.6 is 0 Å². The van der Waals surface area contributed by atoms with Crippen LogP contribution in [0.2, 0.25) is 0 Å². The van der Waals surface area contributed by atoms with Gasteiger partial charge in [-0.1, -0.05) is 0 Å². The zero-order valence-corrected chi connectivity index (χ0v) is 18.1. The van der Waals surface area contributed by atoms with Crippen molar-refractivity contribution in [3.8, 4) is 17.1 Å². The van der Waals surface area contributed by atoms with Crippen molar-refractivity contribution in [3.63, 3.8) is 0 Å². The molecule has 29 heavy (non-hydrogen) atoms. The molecule has 0 spiro atoms. The van der Waals surface area contributed by atoms with Crippen molar-refractivity contribution >= 4 is 15.8 Å². The van der Waals surface area contributed by atoms with Crippen LogP contribution in [0.25, 0.3) is 11.4 Å². The minimum absolute atomic E-state index is 0.119. The molecule has 1 saturated heterocycles. The third-order valence-corrected chi connectivity index (χ3v) is 7.47. The van der Waals surface area contributed by atoms with E-state index in [1.54, 1.807) is 21.0 Å². The van der Waals surface area contributed by atoms with Crippen molar-refractivity contribution in [1.29, 1.82) is 0 Å². The van der Waals surface area contributed by atoms with Crippen LogP contribution in [0.3, 0.4) is 0 Å². The Morgan fingerprint density at radius 1 is 1.34 bits per heavy atom. The van der Waals surface area contributed by atoms with Gasteiger partial charge in [0, 0.05) is 25.2 Å². The number of hydrogen-bond donors (Lipinski definition) is 2. The molecule has 1 aromatic carbocycles. The Bertz CT molecular complexity index is 966. The second kappa shape index (κ2) is 8.40. The zero-order valence-electron chi connectivity index (χ0n) is 17.3. The average molecular weight is 421 g/mol. The normalized spacial score (nSPS) is 18.5. The van der Waals surface area contributed by atoms with Crippen LogP contribution in [0.15, 0.2) is 29.3 Å². The van der Waals surface area contributed by atoms with Gasteiger partial charge < -0.3 is 15.0 Å². The highest BCUT2D eigenvalue weighted by Crippen LogP contribution is 2.24. The Kier molecular flexibility index (Phi) is 6.11. The first-order valence-electron chi connectivity index (χ1n) is 9.57. The fraction of sp³-hybridized carbons (Fsp3) is 0.526. The molecule has 1 aliphatic heterocycles. The summed E-state index contributed by atoms with van der Waals surface area (Å²) in [7, 11) is -1.48. The number of benzene rings is 1. The molecule has 0 unspecified atom stereocenters. The first kappa shape index (κ1) is 21.1. The SMILES string of the molecule is CCNC(=NCc1nc(-c2ccc(OC)cc2)n[nH]1)N1CCS(=O)(=O)C(C)(C)C1. The molecule has 10 heteroatoms. The lowest BCUT2D eigenvalue weighted by atomic mass is 10.2. The van der Waals surface area contributed by atoms with E-state index in [-0.39, 0.29) is 5.75 Å². The molecule has 158 valence electrons. The van der Waals surface area contributed by atoms with E-state index >= 15 is 0 Å². The summed E-state index contributed by atoms with van der Waals surface area (Å²) in [6, 6.07) is 7.52. The van der Waals surface area contributed by atoms with Crippen molar-refractivity contribution in [1.82, 2.24) is 25.4 Å². The van der Waals surface area contributed by atoms with E-state index in [1.807, 2.05) is 36.1 Å². The second-order valence-electron chi connectivity index (χ2n) is 7.50. The summed E-state index contributed by atoms with van der Waals surface area (Å²) < 4.78 is 28.9. The number of hydrogen-bond acceptors (Lipinski definition) is 6. The van der Waals surface area contributed by atoms with Crippen molar-refractivity contribution < 1.29 is 13.2 Å². The van der Waals surface area contributed by atoms with Gasteiger partial charge in [0.05, 0.1) is 17.6 Å². The number of H-pyrrole nitrogens is 1. The van der Waals surface area contributed by atoms with E-state index in [2.05, 4.69) is 25.5 Å². The number of aliphatic imine (C=N–C) groups is 1. The maximum Gasteiger partial charge on any atom is 0.194 e. The van der Waals surface area contributed by atoms with E-state index in [0.29, 0.717) is 43.8 Å². The Morgan fingerprint density at radius 3 is 2.69 bits per heavy atom. The first-order valence-corrected chi connectivity index (χ1v) is 11.2. The van der Waals surface area contributed by atoms with Gasteiger partial charge in [-0.25, -0.2) is 18.4 Å². The standard InChI is InChI=1S/C19H28N6O3S/c1-5-20-18(25-10-11-29(26,27)19(2,3)13-25)21-12-16-22-17(24-23-16)14-6-8-15(28-4)9-7-14/h6-9H,5,10-13H2,1-4H3,(H,20,21)(H,22,23,24). The summed E-state index contributed by atoms with van der Waals surface area (Å²) >= 11 is 0. The summed E-state index contributed by atoms with van der Waals surface area (Å²) in [5, 5.41) is 10.4. The summed E-state index contributed by atoms with van der Waals surface area (Å²) in [6.07, 6.45) is 0. The molecule has 3 rings (SSSR count). The predicted octanol–water partition coefficient (Wildman–Crippen LogP) is 1.45. The second-order valence-corrected chi connectivity index (χ2v) is 10.2. The highest BCUT2D eigenvalue weighted by atomic mass is 32.2. The van der Waals surface area contributed by atoms with Gasteiger partial charge in [-0.3, -0.25) is 5.10 Å². The lowest BCUT2D eigenvalue weighted by Gasteiger charge is -2.39. The highest BCUT2D eigenvalue weighted by molar-refractivity contribution is 7.92. The van der Waals surface area contributed by atoms with Crippen LogP contribution in [-0.4, -0.2) is 71.7 Å². The number of rotatable bonds is 5. The maximum absolute atomic E-state index is 12.3. The third-order valence-electron chi connectivity index (χ3n) is 4.94. The third kappa shape index (κ3) is 4.69. The van der Waals surface area contributed by atoms with Crippen LogP contribution in [0.5, 0.6) is 5.75 Å². The summed E-state index contributed by atoms with van der Waals surface area (Å²) in [5.41, 5.74) is 0.882. The molecule has 0 atom stereocenters. The van der Waals surface area contributed by atoms with Gasteiger partial charge in [0.15, 0.2) is 21.6 Å². The smallest absolute Gasteiger partial charge is 0.194 e. The maximum atomic E-state index is 12.3. The van der Waals surface area contributed by atoms with Crippen LogP contribution in [0, 0.1) is 0 Å². The topological polar surface area (TPSA) is 113 Å². The number of nitrogens with zero attached hydrogens (tertiary/aromatic N) is 4. The molecule has 2 heterocycles. The molecule has 0 aliphatic carbocycles. The van der Waals surface area contributed by atoms with Crippen molar-refractivity contribution in [3.05, 3.63) is 30.1 Å². The first-order chi connectivity index (χ1) is 13.8. The monoisotopic (exact) mass is 420 g/mol. The molecule has 2 N–H and O–H groups in total. The number of ether oxygens (including phenoxy) is 1. The summed E-state index contributed by atoms with van der Waals surface area (Å²) in [4.78, 5) is 11.1. The van der Waals surface area contributed by atoms with E-state index < -0.39 is 14.6 Å². The van der Waals surface area contributed by atoms with Gasteiger partial charge in [0.2, 0.25) is 0 Å². The van der Waals surface area contributed by atoms with Gasteiger partial charge in [-0.2, -0.15) is 5.10 Å². The van der Waals surface area contributed by atoms with Crippen LogP contribution in [0.4, 0.5) is 0 Å². The van der Waals surface area contributed by atoms with Crippen LogP contribution in [0.1, 0.15) is 26.6 Å². The Morgan fingerprint density at radius 2 is 2.07 bits per heavy atom. The molecule has 0 amide bonds. The van der Waals surface area contributed by atoms with Crippen molar-refractivity contribution in [2.24, 2.45) is 4.99 Å². The number of aromatic amines is 1. The molecule has 1 fully saturated rings. The number of methoxy groups -OCH3 is 1. The number of nitrogens with one attached hydrogen (secondary N) is 2. The van der Waals surface area contributed by atoms with Crippen LogP contribution < -0.4 is 10.1 Å². The minimum Gasteiger partial charge on any atom is -0.497 e. The van der Waals surface area contributed by atoms with E-state index in [0.717, 1.165) is 11.3 Å². The van der Waals surface area contributed by atoms with E-state index in [9.17, 15) is 8.42 Å². The quantitative estimate of drug-likeness (QED) is 0.556. The van der Waals surface area contributed by atoms with Gasteiger partial charge in [-0.05, 0) is 45.0 Å². The van der Waals surface area contributed by atoms with Crippen LogP contribution in [-0.2, 0) is 16.4 Å². The Labute approximate surface area is 171 Å². The fourth-order valence-corrected chi connectivity index (χ4v) is 4.50. The number of guanidine groups is 1. The highest BCUT2D eigenvalue weighted by Gasteiger charge is 2.40. The summed E-state index contributed by atoms with van der Waals surface area (Å²) in [5.74, 6) is 2.80. The summed E-state index contributed by atoms with van der Waals surface area (Å²) in [6.45, 7) is 7.33. The molecule has 0 radical (unpaired) electrons. The number of sulfone groups is 1. The molecule has 1 aromatic heterocycles. The van der Waals surface area contributed by atoms with E-state index in [4.69, 9.17) is 4.74 Å². The Hall–Kier alpha value is -2.62. The molecule has 0 saturated carbocycles. The lowest BCUT2D eigenvalue weighted by molar-refractivity contribution is 0.353. The van der Waals surface area contributed by atoms with Gasteiger partial charge in [0.1, 0.15) is 18.1 Å². The minimum atomic E-state index is -3.10. The molecule has 0 bridgehead atoms. The van der Waals surface area contributed by atoms with E-state index in [1.165, 1.54) is 0 Å². The van der Waals surface area contributed by atoms with Crippen molar-refractivity contribution in [2.75, 3.05) is 32.5 Å². The van der Waals surface area contributed by atoms with Gasteiger partial charge in [0.25, 0.3) is 0 Å². The molecule has 2 aromatic rings. The zero-order chi connectivity index (χ0) is 21.1.